The first-order valence-electron chi connectivity index (χ1n) is 4.73. The zero-order valence-corrected chi connectivity index (χ0v) is 10.8. The Labute approximate surface area is 113 Å². The van der Waals surface area contributed by atoms with Gasteiger partial charge >= 0.3 is 10.1 Å². The van der Waals surface area contributed by atoms with Crippen LogP contribution in [0.3, 0.4) is 0 Å². The van der Waals surface area contributed by atoms with Crippen molar-refractivity contribution in [3.63, 3.8) is 0 Å². The van der Waals surface area contributed by atoms with Crippen molar-refractivity contribution < 1.29 is 34.9 Å². The number of halogens is 5. The minimum Gasteiger partial charge on any atom is -0.281 e. The molecule has 0 fully saturated rings. The number of hydrogen-bond donors (Lipinski definition) is 1. The fraction of sp³-hybridized carbons (Fsp3) is 0. The molecule has 1 heterocycles. The summed E-state index contributed by atoms with van der Waals surface area (Å²) < 4.78 is 96.0. The van der Waals surface area contributed by atoms with Gasteiger partial charge in [-0.25, -0.2) is 22.0 Å². The van der Waals surface area contributed by atoms with E-state index >= 15 is 0 Å². The van der Waals surface area contributed by atoms with E-state index in [1.54, 1.807) is 0 Å². The minimum absolute atomic E-state index is 0.375. The van der Waals surface area contributed by atoms with E-state index in [1.165, 1.54) is 0 Å². The highest BCUT2D eigenvalue weighted by molar-refractivity contribution is 7.88. The SMILES string of the molecule is O=S(=O)(O)c1sccc1-c1c(F)c(F)c(F)c(F)c1F. The van der Waals surface area contributed by atoms with Crippen molar-refractivity contribution in [1.82, 2.24) is 0 Å². The Morgan fingerprint density at radius 3 is 1.80 bits per heavy atom. The molecule has 0 unspecified atom stereocenters. The molecule has 3 nitrogen and oxygen atoms in total. The van der Waals surface area contributed by atoms with E-state index < -0.39 is 54.5 Å². The molecule has 0 aliphatic heterocycles. The summed E-state index contributed by atoms with van der Waals surface area (Å²) in [5.41, 5.74) is -2.21. The maximum absolute atomic E-state index is 13.5. The summed E-state index contributed by atoms with van der Waals surface area (Å²) in [4.78, 5) is 0. The Hall–Kier alpha value is -1.52. The highest BCUT2D eigenvalue weighted by Crippen LogP contribution is 2.37. The smallest absolute Gasteiger partial charge is 0.281 e. The van der Waals surface area contributed by atoms with Gasteiger partial charge in [-0.2, -0.15) is 8.42 Å². The van der Waals surface area contributed by atoms with Crippen LogP contribution in [0.25, 0.3) is 11.1 Å². The van der Waals surface area contributed by atoms with Gasteiger partial charge in [0.25, 0.3) is 0 Å². The number of thiophene rings is 1. The average molecular weight is 330 g/mol. The quantitative estimate of drug-likeness (QED) is 0.398. The lowest BCUT2D eigenvalue weighted by atomic mass is 10.1. The first-order valence-corrected chi connectivity index (χ1v) is 7.05. The van der Waals surface area contributed by atoms with Gasteiger partial charge in [0.2, 0.25) is 5.82 Å². The predicted molar refractivity (Wildman–Crippen MR) is 59.4 cm³/mol. The largest absolute Gasteiger partial charge is 0.304 e. The van der Waals surface area contributed by atoms with Crippen LogP contribution in [-0.2, 0) is 10.1 Å². The van der Waals surface area contributed by atoms with E-state index in [4.69, 9.17) is 4.55 Å². The van der Waals surface area contributed by atoms with E-state index in [1.807, 2.05) is 0 Å². The van der Waals surface area contributed by atoms with Gasteiger partial charge in [-0.1, -0.05) is 0 Å². The number of hydrogen-bond acceptors (Lipinski definition) is 3. The predicted octanol–water partition coefficient (Wildman–Crippen LogP) is 3.36. The zero-order valence-electron chi connectivity index (χ0n) is 9.12. The van der Waals surface area contributed by atoms with Gasteiger partial charge in [0.1, 0.15) is 0 Å². The van der Waals surface area contributed by atoms with Crippen molar-refractivity contribution in [2.24, 2.45) is 0 Å². The number of rotatable bonds is 2. The van der Waals surface area contributed by atoms with Crippen molar-refractivity contribution in [3.8, 4) is 11.1 Å². The monoisotopic (exact) mass is 330 g/mol. The summed E-state index contributed by atoms with van der Waals surface area (Å²) in [6.45, 7) is 0. The molecule has 108 valence electrons. The Balaban J connectivity index is 2.89. The molecular formula is C10H3F5O3S2. The Morgan fingerprint density at radius 2 is 1.35 bits per heavy atom. The van der Waals surface area contributed by atoms with Crippen LogP contribution in [0.15, 0.2) is 15.7 Å². The van der Waals surface area contributed by atoms with Crippen LogP contribution in [0, 0.1) is 29.1 Å². The molecule has 10 heteroatoms. The third-order valence-electron chi connectivity index (χ3n) is 2.34. The molecular weight excluding hydrogens is 327 g/mol. The molecule has 1 aromatic carbocycles. The Kier molecular flexibility index (Phi) is 3.56. The van der Waals surface area contributed by atoms with E-state index in [-0.39, 0.29) is 0 Å². The molecule has 1 N–H and O–H groups in total. The van der Waals surface area contributed by atoms with Gasteiger partial charge in [-0.3, -0.25) is 4.55 Å². The summed E-state index contributed by atoms with van der Waals surface area (Å²) in [5.74, 6) is -11.1. The summed E-state index contributed by atoms with van der Waals surface area (Å²) in [5, 5.41) is 1.02. The fourth-order valence-electron chi connectivity index (χ4n) is 1.52. The van der Waals surface area contributed by atoms with Gasteiger partial charge in [0, 0.05) is 5.56 Å². The Morgan fingerprint density at radius 1 is 0.900 bits per heavy atom. The number of benzene rings is 1. The molecule has 2 rings (SSSR count). The molecule has 0 saturated carbocycles. The van der Waals surface area contributed by atoms with Crippen LogP contribution >= 0.6 is 11.3 Å². The van der Waals surface area contributed by atoms with Crippen molar-refractivity contribution in [2.45, 2.75) is 4.21 Å². The third-order valence-corrected chi connectivity index (χ3v) is 4.66. The highest BCUT2D eigenvalue weighted by Gasteiger charge is 2.30. The van der Waals surface area contributed by atoms with Crippen LogP contribution in [0.2, 0.25) is 0 Å². The Bertz CT molecular complexity index is 768. The third kappa shape index (κ3) is 2.19. The summed E-state index contributed by atoms with van der Waals surface area (Å²) in [6, 6.07) is 0.825. The standard InChI is InChI=1S/C10H3F5O3S2/c11-5-4(6(12)8(14)9(15)7(5)13)3-1-2-19-10(3)20(16,17)18/h1-2H,(H,16,17,18). The van der Waals surface area contributed by atoms with Crippen LogP contribution in [-0.4, -0.2) is 13.0 Å². The maximum Gasteiger partial charge on any atom is 0.304 e. The van der Waals surface area contributed by atoms with Crippen molar-refractivity contribution in [1.29, 1.82) is 0 Å². The lowest BCUT2D eigenvalue weighted by Crippen LogP contribution is -2.05. The molecule has 0 spiro atoms. The fourth-order valence-corrected chi connectivity index (χ4v) is 3.25. The maximum atomic E-state index is 13.5. The first-order chi connectivity index (χ1) is 9.16. The van der Waals surface area contributed by atoms with E-state index in [0.717, 1.165) is 11.4 Å². The lowest BCUT2D eigenvalue weighted by molar-refractivity contribution is 0.381. The van der Waals surface area contributed by atoms with Gasteiger partial charge in [-0.15, -0.1) is 11.3 Å². The summed E-state index contributed by atoms with van der Waals surface area (Å²) in [7, 11) is -4.86. The van der Waals surface area contributed by atoms with E-state index in [9.17, 15) is 30.4 Å². The molecule has 0 aliphatic carbocycles. The van der Waals surface area contributed by atoms with Crippen molar-refractivity contribution in [2.75, 3.05) is 0 Å². The highest BCUT2D eigenvalue weighted by atomic mass is 32.3. The van der Waals surface area contributed by atoms with Gasteiger partial charge < -0.3 is 0 Å². The molecule has 2 aromatic rings. The zero-order chi connectivity index (χ0) is 15.2. The molecule has 0 bridgehead atoms. The lowest BCUT2D eigenvalue weighted by Gasteiger charge is -2.08. The molecule has 0 atom stereocenters. The summed E-state index contributed by atoms with van der Waals surface area (Å²) in [6.07, 6.45) is 0. The summed E-state index contributed by atoms with van der Waals surface area (Å²) >= 11 is 0.375. The van der Waals surface area contributed by atoms with Crippen molar-refractivity contribution in [3.05, 3.63) is 40.5 Å². The van der Waals surface area contributed by atoms with Gasteiger partial charge in [-0.05, 0) is 11.4 Å². The second-order valence-corrected chi connectivity index (χ2v) is 6.07. The van der Waals surface area contributed by atoms with Crippen molar-refractivity contribution >= 4 is 21.5 Å². The molecule has 0 amide bonds. The van der Waals surface area contributed by atoms with E-state index in [0.29, 0.717) is 11.3 Å². The molecule has 0 saturated heterocycles. The molecule has 1 aromatic heterocycles. The van der Waals surface area contributed by atoms with Crippen LogP contribution in [0.4, 0.5) is 22.0 Å². The first kappa shape index (κ1) is 14.9. The molecule has 20 heavy (non-hydrogen) atoms. The minimum atomic E-state index is -4.86. The molecule has 0 aliphatic rings. The van der Waals surface area contributed by atoms with Crippen LogP contribution in [0.5, 0.6) is 0 Å². The topological polar surface area (TPSA) is 54.4 Å². The second kappa shape index (κ2) is 4.79. The average Bonchev–Trinajstić information content (AvgIpc) is 2.83. The molecule has 0 radical (unpaired) electrons. The van der Waals surface area contributed by atoms with Crippen LogP contribution in [0.1, 0.15) is 0 Å². The normalized spacial score (nSPS) is 11.9. The van der Waals surface area contributed by atoms with Crippen LogP contribution < -0.4 is 0 Å². The van der Waals surface area contributed by atoms with E-state index in [2.05, 4.69) is 0 Å². The van der Waals surface area contributed by atoms with Gasteiger partial charge in [0.15, 0.2) is 27.5 Å². The second-order valence-electron chi connectivity index (χ2n) is 3.54. The van der Waals surface area contributed by atoms with Gasteiger partial charge in [0.05, 0.1) is 5.56 Å².